The first kappa shape index (κ1) is 27.0. The Bertz CT molecular complexity index is 1170. The minimum absolute atomic E-state index is 0.00754. The van der Waals surface area contributed by atoms with Crippen LogP contribution in [0.2, 0.25) is 0 Å². The maximum absolute atomic E-state index is 11.4. The van der Waals surface area contributed by atoms with Gasteiger partial charge in [0.1, 0.15) is 16.9 Å². The fourth-order valence-electron chi connectivity index (χ4n) is 2.40. The maximum Gasteiger partial charge on any atom is 0.344 e. The van der Waals surface area contributed by atoms with Crippen LogP contribution in [0.25, 0.3) is 0 Å². The zero-order valence-electron chi connectivity index (χ0n) is 18.3. The lowest BCUT2D eigenvalue weighted by molar-refractivity contribution is -0.385. The van der Waals surface area contributed by atoms with Gasteiger partial charge in [-0.05, 0) is 30.3 Å². The average Bonchev–Trinajstić information content (AvgIpc) is 2.81. The van der Waals surface area contributed by atoms with E-state index in [1.165, 1.54) is 38.5 Å². The molecule has 0 unspecified atom stereocenters. The van der Waals surface area contributed by atoms with Gasteiger partial charge in [0.15, 0.2) is 9.84 Å². The zero-order valence-corrected chi connectivity index (χ0v) is 19.1. The monoisotopic (exact) mass is 483 g/mol. The molecule has 33 heavy (non-hydrogen) atoms. The van der Waals surface area contributed by atoms with Crippen LogP contribution in [0.5, 0.6) is 5.75 Å². The van der Waals surface area contributed by atoms with Crippen molar-refractivity contribution in [2.24, 2.45) is 0 Å². The summed E-state index contributed by atoms with van der Waals surface area (Å²) >= 11 is 0. The Morgan fingerprint density at radius 1 is 0.818 bits per heavy atom. The first-order valence-electron chi connectivity index (χ1n) is 8.82. The van der Waals surface area contributed by atoms with Crippen LogP contribution < -0.4 is 4.74 Å². The summed E-state index contributed by atoms with van der Waals surface area (Å²) in [6, 6.07) is 7.41. The summed E-state index contributed by atoms with van der Waals surface area (Å²) < 4.78 is 40.9. The van der Waals surface area contributed by atoms with E-state index in [1.54, 1.807) is 0 Å². The summed E-state index contributed by atoms with van der Waals surface area (Å²) in [6.07, 6.45) is 1.07. The molecule has 0 bridgehead atoms. The van der Waals surface area contributed by atoms with Crippen LogP contribution in [0, 0.1) is 10.1 Å². The Labute approximate surface area is 189 Å². The maximum atomic E-state index is 11.4. The number of nitrogens with zero attached hydrogens (tertiary/aromatic N) is 1. The van der Waals surface area contributed by atoms with E-state index >= 15 is 0 Å². The lowest BCUT2D eigenvalue weighted by Gasteiger charge is -2.08. The number of ether oxygens (including phenoxy) is 4. The fourth-order valence-corrected chi connectivity index (χ4v) is 3.04. The summed E-state index contributed by atoms with van der Waals surface area (Å²) in [5.74, 6) is -1.92. The molecule has 0 atom stereocenters. The molecule has 0 aliphatic rings. The van der Waals surface area contributed by atoms with Crippen LogP contribution >= 0.6 is 0 Å². The summed E-state index contributed by atoms with van der Waals surface area (Å²) in [4.78, 5) is 43.8. The van der Waals surface area contributed by atoms with Crippen molar-refractivity contribution >= 4 is 33.4 Å². The number of benzene rings is 2. The van der Waals surface area contributed by atoms with Crippen LogP contribution in [-0.2, 0) is 24.0 Å². The number of carbonyl (C=O) groups excluding carboxylic acids is 3. The molecule has 2 aromatic rings. The van der Waals surface area contributed by atoms with E-state index in [4.69, 9.17) is 4.74 Å². The van der Waals surface area contributed by atoms with Crippen LogP contribution in [0.3, 0.4) is 0 Å². The number of hydrogen-bond donors (Lipinski definition) is 0. The van der Waals surface area contributed by atoms with Crippen LogP contribution in [0.1, 0.15) is 31.1 Å². The fraction of sp³-hybridized carbons (Fsp3) is 0.250. The van der Waals surface area contributed by atoms with Crippen molar-refractivity contribution in [2.75, 3.05) is 34.7 Å². The van der Waals surface area contributed by atoms with Gasteiger partial charge in [0.2, 0.25) is 0 Å². The molecule has 0 aliphatic heterocycles. The Kier molecular flexibility index (Phi) is 9.48. The lowest BCUT2D eigenvalue weighted by Crippen LogP contribution is -2.08. The minimum atomic E-state index is -3.36. The third-order valence-corrected chi connectivity index (χ3v) is 5.14. The van der Waals surface area contributed by atoms with Gasteiger partial charge in [-0.3, -0.25) is 10.1 Å². The number of nitro groups is 1. The van der Waals surface area contributed by atoms with E-state index in [9.17, 15) is 32.9 Å². The Balaban J connectivity index is 0.000000331. The number of esters is 3. The average molecular weight is 483 g/mol. The van der Waals surface area contributed by atoms with Gasteiger partial charge in [-0.2, -0.15) is 0 Å². The normalized spacial score (nSPS) is 10.2. The molecule has 178 valence electrons. The van der Waals surface area contributed by atoms with Gasteiger partial charge in [0, 0.05) is 12.3 Å². The molecule has 0 heterocycles. The highest BCUT2D eigenvalue weighted by atomic mass is 32.2. The largest absolute Gasteiger partial charge is 0.496 e. The van der Waals surface area contributed by atoms with Gasteiger partial charge in [-0.1, -0.05) is 0 Å². The second-order valence-corrected chi connectivity index (χ2v) is 8.11. The number of methoxy groups -OCH3 is 4. The van der Waals surface area contributed by atoms with Gasteiger partial charge in [0.25, 0.3) is 5.69 Å². The van der Waals surface area contributed by atoms with Crippen molar-refractivity contribution in [3.63, 3.8) is 0 Å². The van der Waals surface area contributed by atoms with Crippen molar-refractivity contribution in [3.8, 4) is 5.75 Å². The van der Waals surface area contributed by atoms with E-state index in [2.05, 4.69) is 14.2 Å². The summed E-state index contributed by atoms with van der Waals surface area (Å²) in [5, 5.41) is 10.8. The minimum Gasteiger partial charge on any atom is -0.496 e. The number of sulfone groups is 1. The predicted octanol–water partition coefficient (Wildman–Crippen LogP) is 2.05. The quantitative estimate of drug-likeness (QED) is 0.255. The summed E-state index contributed by atoms with van der Waals surface area (Å²) in [7, 11) is 1.52. The predicted molar refractivity (Wildman–Crippen MR) is 113 cm³/mol. The van der Waals surface area contributed by atoms with Crippen molar-refractivity contribution < 1.29 is 46.7 Å². The second kappa shape index (κ2) is 11.6. The smallest absolute Gasteiger partial charge is 0.344 e. The molecule has 0 fully saturated rings. The van der Waals surface area contributed by atoms with Gasteiger partial charge in [0.05, 0.1) is 43.8 Å². The molecule has 2 rings (SSSR count). The van der Waals surface area contributed by atoms with Gasteiger partial charge >= 0.3 is 17.9 Å². The topological polar surface area (TPSA) is 165 Å². The third-order valence-electron chi connectivity index (χ3n) is 4.03. The van der Waals surface area contributed by atoms with Gasteiger partial charge in [-0.25, -0.2) is 22.8 Å². The standard InChI is InChI=1S/C10H9NO6.C10H12O5S/c1-16-9(12)6-3-4-7(10(13)17-2)8(5-6)11(14)15;1-14-9-5-4-7(16(3,12)13)6-8(9)10(11)15-2/h3-5H,1-2H3;4-6H,1-3H3. The number of carbonyl (C=O) groups is 3. The van der Waals surface area contributed by atoms with E-state index in [0.717, 1.165) is 32.6 Å². The van der Waals surface area contributed by atoms with Crippen molar-refractivity contribution in [2.45, 2.75) is 4.90 Å². The molecule has 2 aromatic carbocycles. The van der Waals surface area contributed by atoms with Gasteiger partial charge < -0.3 is 18.9 Å². The molecule has 0 aliphatic carbocycles. The van der Waals surface area contributed by atoms with E-state index in [1.807, 2.05) is 0 Å². The molecule has 0 aromatic heterocycles. The van der Waals surface area contributed by atoms with E-state index in [-0.39, 0.29) is 27.3 Å². The zero-order chi connectivity index (χ0) is 25.3. The first-order valence-corrected chi connectivity index (χ1v) is 10.7. The molecule has 0 saturated carbocycles. The lowest BCUT2D eigenvalue weighted by atomic mass is 10.1. The summed E-state index contributed by atoms with van der Waals surface area (Å²) in [6.45, 7) is 0. The summed E-state index contributed by atoms with van der Waals surface area (Å²) in [5.41, 5.74) is -0.635. The SMILES string of the molecule is COC(=O)c1cc(S(C)(=O)=O)ccc1OC.COC(=O)c1ccc(C(=O)OC)c([N+](=O)[O-])c1. The number of rotatable bonds is 6. The second-order valence-electron chi connectivity index (χ2n) is 6.10. The van der Waals surface area contributed by atoms with Gasteiger partial charge in [-0.15, -0.1) is 0 Å². The Morgan fingerprint density at radius 3 is 1.82 bits per heavy atom. The number of nitro benzene ring substituents is 1. The Hall–Kier alpha value is -4.00. The van der Waals surface area contributed by atoms with Crippen LogP contribution in [0.15, 0.2) is 41.3 Å². The molecular weight excluding hydrogens is 462 g/mol. The van der Waals surface area contributed by atoms with Crippen molar-refractivity contribution in [1.29, 1.82) is 0 Å². The first-order chi connectivity index (χ1) is 15.4. The van der Waals surface area contributed by atoms with E-state index < -0.39 is 38.4 Å². The van der Waals surface area contributed by atoms with Crippen molar-refractivity contribution in [1.82, 2.24) is 0 Å². The number of hydrogen-bond acceptors (Lipinski definition) is 11. The van der Waals surface area contributed by atoms with Crippen LogP contribution in [0.4, 0.5) is 5.69 Å². The highest BCUT2D eigenvalue weighted by Gasteiger charge is 2.23. The third kappa shape index (κ3) is 7.00. The molecule has 12 nitrogen and oxygen atoms in total. The van der Waals surface area contributed by atoms with Crippen LogP contribution in [-0.4, -0.2) is 65.9 Å². The molecule has 13 heteroatoms. The molecule has 0 saturated heterocycles. The van der Waals surface area contributed by atoms with E-state index in [0.29, 0.717) is 0 Å². The molecule has 0 N–H and O–H groups in total. The highest BCUT2D eigenvalue weighted by Crippen LogP contribution is 2.23. The molecular formula is C20H21NO11S. The highest BCUT2D eigenvalue weighted by molar-refractivity contribution is 7.90. The molecule has 0 amide bonds. The molecule has 0 spiro atoms. The Morgan fingerprint density at radius 2 is 1.36 bits per heavy atom. The van der Waals surface area contributed by atoms with Crippen molar-refractivity contribution in [3.05, 3.63) is 63.2 Å². The molecule has 0 radical (unpaired) electrons.